The fourth-order valence-corrected chi connectivity index (χ4v) is 1.50. The predicted molar refractivity (Wildman–Crippen MR) is 51.6 cm³/mol. The van der Waals surface area contributed by atoms with Gasteiger partial charge in [-0.2, -0.15) is 0 Å². The molecule has 1 N–H and O–H groups in total. The molecule has 0 spiro atoms. The number of thioether (sulfide) groups is 1. The lowest BCUT2D eigenvalue weighted by atomic mass is 10.6. The first-order valence-corrected chi connectivity index (χ1v) is 4.84. The van der Waals surface area contributed by atoms with Gasteiger partial charge in [0.15, 0.2) is 0 Å². The van der Waals surface area contributed by atoms with Crippen LogP contribution in [0.2, 0.25) is 0 Å². The van der Waals surface area contributed by atoms with Crippen LogP contribution in [0.5, 0.6) is 0 Å². The summed E-state index contributed by atoms with van der Waals surface area (Å²) in [6.45, 7) is 1.82. The number of hydrogen-bond donors (Lipinski definition) is 1. The monoisotopic (exact) mass is 197 g/mol. The SMILES string of the molecule is CNC(=O)CSc1ccnc(C)n1. The van der Waals surface area contributed by atoms with E-state index in [0.29, 0.717) is 5.75 Å². The Kier molecular flexibility index (Phi) is 3.70. The zero-order valence-corrected chi connectivity index (χ0v) is 8.39. The van der Waals surface area contributed by atoms with Crippen LogP contribution in [0, 0.1) is 6.92 Å². The van der Waals surface area contributed by atoms with Crippen molar-refractivity contribution in [2.75, 3.05) is 12.8 Å². The summed E-state index contributed by atoms with van der Waals surface area (Å²) >= 11 is 1.40. The highest BCUT2D eigenvalue weighted by Gasteiger charge is 2.00. The van der Waals surface area contributed by atoms with Gasteiger partial charge in [-0.25, -0.2) is 9.97 Å². The van der Waals surface area contributed by atoms with Gasteiger partial charge in [0.2, 0.25) is 5.91 Å². The number of hydrogen-bond acceptors (Lipinski definition) is 4. The van der Waals surface area contributed by atoms with Gasteiger partial charge in [0, 0.05) is 13.2 Å². The molecule has 1 aromatic heterocycles. The van der Waals surface area contributed by atoms with Crippen molar-refractivity contribution in [1.29, 1.82) is 0 Å². The van der Waals surface area contributed by atoms with Crippen LogP contribution < -0.4 is 5.32 Å². The second-order valence-electron chi connectivity index (χ2n) is 2.40. The van der Waals surface area contributed by atoms with E-state index >= 15 is 0 Å². The molecule has 1 aromatic rings. The van der Waals surface area contributed by atoms with Gasteiger partial charge in [-0.3, -0.25) is 4.79 Å². The van der Waals surface area contributed by atoms with E-state index in [9.17, 15) is 4.79 Å². The van der Waals surface area contributed by atoms with Gasteiger partial charge in [-0.15, -0.1) is 0 Å². The maximum Gasteiger partial charge on any atom is 0.230 e. The van der Waals surface area contributed by atoms with Crippen LogP contribution in [0.25, 0.3) is 0 Å². The van der Waals surface area contributed by atoms with Crippen molar-refractivity contribution in [2.45, 2.75) is 11.9 Å². The van der Waals surface area contributed by atoms with Crippen molar-refractivity contribution in [3.63, 3.8) is 0 Å². The topological polar surface area (TPSA) is 54.9 Å². The Morgan fingerprint density at radius 1 is 1.69 bits per heavy atom. The molecule has 70 valence electrons. The van der Waals surface area contributed by atoms with Crippen molar-refractivity contribution in [3.8, 4) is 0 Å². The van der Waals surface area contributed by atoms with E-state index in [1.54, 1.807) is 19.3 Å². The predicted octanol–water partition coefficient (Wildman–Crippen LogP) is 0.623. The number of carbonyl (C=O) groups is 1. The summed E-state index contributed by atoms with van der Waals surface area (Å²) in [6.07, 6.45) is 1.69. The quantitative estimate of drug-likeness (QED) is 0.570. The molecule has 0 saturated carbocycles. The molecule has 1 amide bonds. The molecule has 0 atom stereocenters. The zero-order chi connectivity index (χ0) is 9.68. The average molecular weight is 197 g/mol. The molecule has 0 bridgehead atoms. The van der Waals surface area contributed by atoms with Crippen LogP contribution in [-0.2, 0) is 4.79 Å². The summed E-state index contributed by atoms with van der Waals surface area (Å²) in [4.78, 5) is 19.0. The average Bonchev–Trinajstić information content (AvgIpc) is 2.14. The molecule has 0 aliphatic heterocycles. The highest BCUT2D eigenvalue weighted by molar-refractivity contribution is 7.99. The van der Waals surface area contributed by atoms with Crippen LogP contribution in [-0.4, -0.2) is 28.7 Å². The standard InChI is InChI=1S/C8H11N3OS/c1-6-10-4-3-8(11-6)13-5-7(12)9-2/h3-4H,5H2,1-2H3,(H,9,12). The normalized spacial score (nSPS) is 9.69. The lowest BCUT2D eigenvalue weighted by molar-refractivity contribution is -0.118. The van der Waals surface area contributed by atoms with Crippen molar-refractivity contribution in [1.82, 2.24) is 15.3 Å². The smallest absolute Gasteiger partial charge is 0.230 e. The Balaban J connectivity index is 2.50. The number of nitrogens with zero attached hydrogens (tertiary/aromatic N) is 2. The molecule has 0 aliphatic carbocycles. The Morgan fingerprint density at radius 2 is 2.46 bits per heavy atom. The van der Waals surface area contributed by atoms with Crippen LogP contribution in [0.3, 0.4) is 0 Å². The molecule has 1 rings (SSSR count). The molecule has 1 heterocycles. The Hall–Kier alpha value is -1.10. The molecular formula is C8H11N3OS. The summed E-state index contributed by atoms with van der Waals surface area (Å²) in [5.41, 5.74) is 0. The van der Waals surface area contributed by atoms with Crippen LogP contribution in [0.4, 0.5) is 0 Å². The van der Waals surface area contributed by atoms with E-state index in [1.165, 1.54) is 11.8 Å². The zero-order valence-electron chi connectivity index (χ0n) is 7.57. The lowest BCUT2D eigenvalue weighted by Crippen LogP contribution is -2.19. The van der Waals surface area contributed by atoms with E-state index in [-0.39, 0.29) is 5.91 Å². The first-order valence-electron chi connectivity index (χ1n) is 3.85. The summed E-state index contributed by atoms with van der Waals surface area (Å²) < 4.78 is 0. The van der Waals surface area contributed by atoms with Gasteiger partial charge in [0.05, 0.1) is 5.75 Å². The molecule has 4 nitrogen and oxygen atoms in total. The highest BCUT2D eigenvalue weighted by atomic mass is 32.2. The van der Waals surface area contributed by atoms with E-state index in [2.05, 4.69) is 15.3 Å². The third-order valence-electron chi connectivity index (χ3n) is 1.38. The fourth-order valence-electron chi connectivity index (χ4n) is 0.727. The molecule has 13 heavy (non-hydrogen) atoms. The highest BCUT2D eigenvalue weighted by Crippen LogP contribution is 2.13. The lowest BCUT2D eigenvalue weighted by Gasteiger charge is -1.99. The minimum absolute atomic E-state index is 0.00117. The van der Waals surface area contributed by atoms with Gasteiger partial charge in [-0.1, -0.05) is 11.8 Å². The number of rotatable bonds is 3. The maximum absolute atomic E-state index is 10.9. The van der Waals surface area contributed by atoms with Gasteiger partial charge in [0.1, 0.15) is 10.9 Å². The van der Waals surface area contributed by atoms with Crippen LogP contribution >= 0.6 is 11.8 Å². The number of nitrogens with one attached hydrogen (secondary N) is 1. The van der Waals surface area contributed by atoms with E-state index in [1.807, 2.05) is 6.92 Å². The van der Waals surface area contributed by atoms with E-state index in [4.69, 9.17) is 0 Å². The van der Waals surface area contributed by atoms with Crippen molar-refractivity contribution < 1.29 is 4.79 Å². The Labute approximate surface area is 81.2 Å². The van der Waals surface area contributed by atoms with Crippen molar-refractivity contribution >= 4 is 17.7 Å². The van der Waals surface area contributed by atoms with Crippen LogP contribution in [0.1, 0.15) is 5.82 Å². The molecule has 0 aliphatic rings. The number of aromatic nitrogens is 2. The first-order chi connectivity index (χ1) is 6.22. The molecule has 0 saturated heterocycles. The minimum atomic E-state index is 0.00117. The molecular weight excluding hydrogens is 186 g/mol. The summed E-state index contributed by atoms with van der Waals surface area (Å²) in [5.74, 6) is 1.12. The molecule has 0 radical (unpaired) electrons. The van der Waals surface area contributed by atoms with Crippen molar-refractivity contribution in [2.24, 2.45) is 0 Å². The van der Waals surface area contributed by atoms with E-state index in [0.717, 1.165) is 10.9 Å². The largest absolute Gasteiger partial charge is 0.358 e. The van der Waals surface area contributed by atoms with Crippen LogP contribution in [0.15, 0.2) is 17.3 Å². The minimum Gasteiger partial charge on any atom is -0.358 e. The second-order valence-corrected chi connectivity index (χ2v) is 3.40. The maximum atomic E-state index is 10.9. The molecule has 0 fully saturated rings. The number of aryl methyl sites for hydroxylation is 1. The Morgan fingerprint density at radius 3 is 3.08 bits per heavy atom. The van der Waals surface area contributed by atoms with Gasteiger partial charge in [0.25, 0.3) is 0 Å². The van der Waals surface area contributed by atoms with E-state index < -0.39 is 0 Å². The number of carbonyl (C=O) groups excluding carboxylic acids is 1. The third kappa shape index (κ3) is 3.42. The second kappa shape index (κ2) is 4.81. The van der Waals surface area contributed by atoms with Gasteiger partial charge >= 0.3 is 0 Å². The molecule has 5 heteroatoms. The first kappa shape index (κ1) is 9.98. The van der Waals surface area contributed by atoms with Crippen molar-refractivity contribution in [3.05, 3.63) is 18.1 Å². The molecule has 0 unspecified atom stereocenters. The Bertz CT molecular complexity index is 303. The summed E-state index contributed by atoms with van der Waals surface area (Å²) in [6, 6.07) is 1.79. The third-order valence-corrected chi connectivity index (χ3v) is 2.31. The fraction of sp³-hybridized carbons (Fsp3) is 0.375. The summed E-state index contributed by atoms with van der Waals surface area (Å²) in [5, 5.41) is 3.38. The number of amides is 1. The molecule has 0 aromatic carbocycles. The van der Waals surface area contributed by atoms with Gasteiger partial charge in [-0.05, 0) is 13.0 Å². The summed E-state index contributed by atoms with van der Waals surface area (Å²) in [7, 11) is 1.62. The van der Waals surface area contributed by atoms with Gasteiger partial charge < -0.3 is 5.32 Å².